The fourth-order valence-electron chi connectivity index (χ4n) is 2.02. The predicted molar refractivity (Wildman–Crippen MR) is 87.9 cm³/mol. The third-order valence-electron chi connectivity index (χ3n) is 3.12. The minimum Gasteiger partial charge on any atom is -0.385 e. The number of amides is 1. The van der Waals surface area contributed by atoms with Crippen LogP contribution in [0.1, 0.15) is 34.4 Å². The fraction of sp³-hybridized carbons (Fsp3) is 0.375. The van der Waals surface area contributed by atoms with Gasteiger partial charge in [-0.15, -0.1) is 11.3 Å². The lowest BCUT2D eigenvalue weighted by Crippen LogP contribution is -2.26. The summed E-state index contributed by atoms with van der Waals surface area (Å²) in [5, 5.41) is 6.32. The lowest BCUT2D eigenvalue weighted by Gasteiger charge is -2.16. The summed E-state index contributed by atoms with van der Waals surface area (Å²) in [6.45, 7) is 5.58. The Morgan fingerprint density at radius 3 is 2.62 bits per heavy atom. The fourth-order valence-corrected chi connectivity index (χ4v) is 2.62. The van der Waals surface area contributed by atoms with Crippen LogP contribution < -0.4 is 5.32 Å². The number of rotatable bonds is 6. The molecular weight excluding hydrogens is 282 g/mol. The van der Waals surface area contributed by atoms with Crippen molar-refractivity contribution >= 4 is 22.9 Å². The van der Waals surface area contributed by atoms with Gasteiger partial charge in [0.15, 0.2) is 0 Å². The molecule has 1 heterocycles. The van der Waals surface area contributed by atoms with E-state index in [2.05, 4.69) is 17.2 Å². The zero-order valence-corrected chi connectivity index (χ0v) is 13.5. The van der Waals surface area contributed by atoms with E-state index in [0.717, 1.165) is 29.4 Å². The zero-order valence-electron chi connectivity index (χ0n) is 12.7. The van der Waals surface area contributed by atoms with Gasteiger partial charge in [0.1, 0.15) is 0 Å². The first kappa shape index (κ1) is 15.5. The van der Waals surface area contributed by atoms with Gasteiger partial charge in [0.25, 0.3) is 5.91 Å². The molecule has 0 saturated carbocycles. The molecule has 0 atom stereocenters. The van der Waals surface area contributed by atoms with Crippen LogP contribution in [-0.2, 0) is 6.54 Å². The molecule has 0 aliphatic rings. The van der Waals surface area contributed by atoms with Crippen molar-refractivity contribution < 1.29 is 4.79 Å². The Labute approximate surface area is 129 Å². The molecule has 1 aromatic heterocycles. The minimum absolute atomic E-state index is 0.0164. The summed E-state index contributed by atoms with van der Waals surface area (Å²) in [6.07, 6.45) is 1.08. The molecule has 0 bridgehead atoms. The van der Waals surface area contributed by atoms with Crippen molar-refractivity contribution in [3.63, 3.8) is 0 Å². The average Bonchev–Trinajstić information content (AvgIpc) is 2.90. The summed E-state index contributed by atoms with van der Waals surface area (Å²) in [5.74, 6) is 0.0164. The molecule has 5 heteroatoms. The van der Waals surface area contributed by atoms with Crippen LogP contribution in [0.2, 0.25) is 0 Å². The molecule has 21 heavy (non-hydrogen) atoms. The lowest BCUT2D eigenvalue weighted by atomic mass is 10.2. The van der Waals surface area contributed by atoms with Gasteiger partial charge in [-0.3, -0.25) is 4.79 Å². The number of thiazole rings is 1. The van der Waals surface area contributed by atoms with E-state index in [1.54, 1.807) is 23.3 Å². The number of benzene rings is 1. The summed E-state index contributed by atoms with van der Waals surface area (Å²) in [4.78, 5) is 18.4. The predicted octanol–water partition coefficient (Wildman–Crippen LogP) is 3.55. The number of carbonyl (C=O) groups excluding carboxylic acids is 1. The number of anilines is 1. The molecular formula is C16H21N3OS. The molecule has 0 saturated heterocycles. The smallest absolute Gasteiger partial charge is 0.253 e. The first-order chi connectivity index (χ1) is 10.1. The van der Waals surface area contributed by atoms with Gasteiger partial charge in [0.05, 0.1) is 17.2 Å². The molecule has 112 valence electrons. The third-order valence-corrected chi connectivity index (χ3v) is 3.95. The maximum atomic E-state index is 12.4. The number of hydrogen-bond acceptors (Lipinski definition) is 4. The highest BCUT2D eigenvalue weighted by molar-refractivity contribution is 7.09. The van der Waals surface area contributed by atoms with Crippen LogP contribution in [0.15, 0.2) is 29.6 Å². The van der Waals surface area contributed by atoms with Gasteiger partial charge in [-0.25, -0.2) is 4.98 Å². The van der Waals surface area contributed by atoms with E-state index in [0.29, 0.717) is 12.1 Å². The summed E-state index contributed by atoms with van der Waals surface area (Å²) in [6, 6.07) is 7.62. The molecule has 0 radical (unpaired) electrons. The van der Waals surface area contributed by atoms with E-state index in [1.165, 1.54) is 0 Å². The van der Waals surface area contributed by atoms with Crippen molar-refractivity contribution in [3.05, 3.63) is 45.9 Å². The molecule has 2 rings (SSSR count). The van der Waals surface area contributed by atoms with Crippen LogP contribution >= 0.6 is 11.3 Å². The van der Waals surface area contributed by atoms with Crippen molar-refractivity contribution in [1.82, 2.24) is 9.88 Å². The highest BCUT2D eigenvalue weighted by Gasteiger charge is 2.13. The molecule has 1 amide bonds. The summed E-state index contributed by atoms with van der Waals surface area (Å²) >= 11 is 1.61. The number of carbonyl (C=O) groups is 1. The molecule has 2 aromatic rings. The van der Waals surface area contributed by atoms with Crippen molar-refractivity contribution in [3.8, 4) is 0 Å². The second-order valence-corrected chi connectivity index (χ2v) is 6.09. The number of nitrogens with one attached hydrogen (secondary N) is 1. The molecule has 0 aliphatic heterocycles. The zero-order chi connectivity index (χ0) is 15.2. The first-order valence-electron chi connectivity index (χ1n) is 7.10. The summed E-state index contributed by atoms with van der Waals surface area (Å²) in [5.41, 5.74) is 2.69. The Hall–Kier alpha value is -1.88. The maximum absolute atomic E-state index is 12.4. The highest BCUT2D eigenvalue weighted by atomic mass is 32.1. The Balaban J connectivity index is 1.98. The largest absolute Gasteiger partial charge is 0.385 e. The minimum atomic E-state index is 0.0164. The number of hydrogen-bond donors (Lipinski definition) is 1. The first-order valence-corrected chi connectivity index (χ1v) is 7.98. The van der Waals surface area contributed by atoms with Crippen LogP contribution in [0, 0.1) is 6.92 Å². The Morgan fingerprint density at radius 1 is 1.33 bits per heavy atom. The quantitative estimate of drug-likeness (QED) is 0.887. The van der Waals surface area contributed by atoms with Gasteiger partial charge < -0.3 is 10.2 Å². The number of aromatic nitrogens is 1. The van der Waals surface area contributed by atoms with E-state index in [9.17, 15) is 4.79 Å². The number of aryl methyl sites for hydroxylation is 1. The van der Waals surface area contributed by atoms with E-state index >= 15 is 0 Å². The van der Waals surface area contributed by atoms with Gasteiger partial charge in [-0.2, -0.15) is 0 Å². The monoisotopic (exact) mass is 303 g/mol. The van der Waals surface area contributed by atoms with Gasteiger partial charge in [0.2, 0.25) is 0 Å². The Kier molecular flexibility index (Phi) is 5.33. The lowest BCUT2D eigenvalue weighted by molar-refractivity contribution is 0.0783. The Bertz CT molecular complexity index is 592. The molecule has 0 unspecified atom stereocenters. The van der Waals surface area contributed by atoms with Crippen molar-refractivity contribution in [2.45, 2.75) is 26.8 Å². The van der Waals surface area contributed by atoms with E-state index < -0.39 is 0 Å². The number of nitrogens with zero attached hydrogens (tertiary/aromatic N) is 2. The van der Waals surface area contributed by atoms with Crippen molar-refractivity contribution in [1.29, 1.82) is 0 Å². The Morgan fingerprint density at radius 2 is 2.05 bits per heavy atom. The second kappa shape index (κ2) is 7.22. The van der Waals surface area contributed by atoms with Crippen LogP contribution in [0.3, 0.4) is 0 Å². The molecule has 1 aromatic carbocycles. The normalized spacial score (nSPS) is 10.4. The maximum Gasteiger partial charge on any atom is 0.253 e. The molecule has 4 nitrogen and oxygen atoms in total. The van der Waals surface area contributed by atoms with E-state index in [1.807, 2.05) is 36.6 Å². The molecule has 0 spiro atoms. The SMILES string of the molecule is CCCNc1ccc(C(=O)N(C)Cc2csc(C)n2)cc1. The van der Waals surface area contributed by atoms with Crippen LogP contribution in [-0.4, -0.2) is 29.4 Å². The van der Waals surface area contributed by atoms with Gasteiger partial charge in [0, 0.05) is 30.2 Å². The van der Waals surface area contributed by atoms with Crippen LogP contribution in [0.4, 0.5) is 5.69 Å². The molecule has 0 aliphatic carbocycles. The highest BCUT2D eigenvalue weighted by Crippen LogP contribution is 2.14. The second-order valence-electron chi connectivity index (χ2n) is 5.02. The van der Waals surface area contributed by atoms with Gasteiger partial charge in [-0.1, -0.05) is 6.92 Å². The van der Waals surface area contributed by atoms with Crippen LogP contribution in [0.25, 0.3) is 0 Å². The van der Waals surface area contributed by atoms with E-state index in [4.69, 9.17) is 0 Å². The third kappa shape index (κ3) is 4.29. The van der Waals surface area contributed by atoms with Crippen LogP contribution in [0.5, 0.6) is 0 Å². The molecule has 1 N–H and O–H groups in total. The average molecular weight is 303 g/mol. The summed E-state index contributed by atoms with van der Waals surface area (Å²) < 4.78 is 0. The topological polar surface area (TPSA) is 45.2 Å². The van der Waals surface area contributed by atoms with Crippen molar-refractivity contribution in [2.75, 3.05) is 18.9 Å². The van der Waals surface area contributed by atoms with Gasteiger partial charge in [-0.05, 0) is 37.6 Å². The van der Waals surface area contributed by atoms with E-state index in [-0.39, 0.29) is 5.91 Å². The summed E-state index contributed by atoms with van der Waals surface area (Å²) in [7, 11) is 1.81. The molecule has 0 fully saturated rings. The van der Waals surface area contributed by atoms with Crippen molar-refractivity contribution in [2.24, 2.45) is 0 Å². The standard InChI is InChI=1S/C16H21N3OS/c1-4-9-17-14-7-5-13(6-8-14)16(20)19(3)10-15-11-21-12(2)18-15/h5-8,11,17H,4,9-10H2,1-3H3. The van der Waals surface area contributed by atoms with Gasteiger partial charge >= 0.3 is 0 Å².